The molecule has 3 aromatic rings. The Hall–Kier alpha value is -3.67. The van der Waals surface area contributed by atoms with Crippen LogP contribution in [-0.2, 0) is 19.6 Å². The number of hydrogen-bond donors (Lipinski definition) is 2. The first-order valence-electron chi connectivity index (χ1n) is 10.2. The molecule has 31 heavy (non-hydrogen) atoms. The molecular weight excluding hydrogens is 390 g/mol. The summed E-state index contributed by atoms with van der Waals surface area (Å²) in [6.45, 7) is 1.70. The molecule has 0 saturated carbocycles. The topological polar surface area (TPSA) is 78.1 Å². The Morgan fingerprint density at radius 1 is 0.839 bits per heavy atom. The summed E-state index contributed by atoms with van der Waals surface area (Å²) in [5.41, 5.74) is 9.33. The van der Waals surface area contributed by atoms with E-state index in [9.17, 15) is 0 Å². The van der Waals surface area contributed by atoms with Crippen LogP contribution in [0, 0.1) is 0 Å². The molecule has 0 fully saturated rings. The van der Waals surface area contributed by atoms with E-state index in [1.807, 2.05) is 66.7 Å². The Bertz CT molecular complexity index is 990. The summed E-state index contributed by atoms with van der Waals surface area (Å²) in [6, 6.07) is 23.8. The zero-order valence-electron chi connectivity index (χ0n) is 18.0. The fraction of sp³-hybridized carbons (Fsp3) is 0.240. The van der Waals surface area contributed by atoms with E-state index in [1.165, 1.54) is 0 Å². The van der Waals surface area contributed by atoms with Crippen LogP contribution in [0.3, 0.4) is 0 Å². The molecule has 0 spiro atoms. The van der Waals surface area contributed by atoms with Gasteiger partial charge in [-0.15, -0.1) is 0 Å². The number of guanidine groups is 1. The minimum Gasteiger partial charge on any atom is -0.493 e. The quantitative estimate of drug-likeness (QED) is 0.385. The molecule has 0 unspecified atom stereocenters. The highest BCUT2D eigenvalue weighted by Gasteiger charge is 2.04. The molecule has 6 nitrogen and oxygen atoms in total. The molecule has 0 heterocycles. The highest BCUT2D eigenvalue weighted by molar-refractivity contribution is 5.77. The van der Waals surface area contributed by atoms with Crippen LogP contribution in [-0.4, -0.2) is 26.7 Å². The van der Waals surface area contributed by atoms with E-state index in [4.69, 9.17) is 19.9 Å². The normalized spacial score (nSPS) is 11.1. The number of para-hydroxylation sites is 1. The van der Waals surface area contributed by atoms with Crippen molar-refractivity contribution >= 4 is 5.96 Å². The lowest BCUT2D eigenvalue weighted by Crippen LogP contribution is -2.33. The first-order valence-corrected chi connectivity index (χ1v) is 10.2. The molecule has 6 heteroatoms. The molecule has 0 amide bonds. The van der Waals surface area contributed by atoms with Gasteiger partial charge in [-0.3, -0.25) is 0 Å². The fourth-order valence-electron chi connectivity index (χ4n) is 3.10. The van der Waals surface area contributed by atoms with Crippen molar-refractivity contribution in [2.45, 2.75) is 19.6 Å². The average molecular weight is 420 g/mol. The summed E-state index contributed by atoms with van der Waals surface area (Å²) in [5, 5.41) is 3.16. The zero-order valence-corrected chi connectivity index (χ0v) is 18.0. The second kappa shape index (κ2) is 11.5. The van der Waals surface area contributed by atoms with Crippen LogP contribution in [0.25, 0.3) is 0 Å². The van der Waals surface area contributed by atoms with E-state index in [2.05, 4.69) is 16.4 Å². The molecule has 3 rings (SSSR count). The van der Waals surface area contributed by atoms with Crippen molar-refractivity contribution in [3.63, 3.8) is 0 Å². The van der Waals surface area contributed by atoms with Gasteiger partial charge in [-0.25, -0.2) is 4.99 Å². The Morgan fingerprint density at radius 2 is 1.61 bits per heavy atom. The van der Waals surface area contributed by atoms with Crippen LogP contribution >= 0.6 is 0 Å². The third-order valence-electron chi connectivity index (χ3n) is 4.74. The van der Waals surface area contributed by atoms with Crippen molar-refractivity contribution in [1.82, 2.24) is 5.32 Å². The van der Waals surface area contributed by atoms with E-state index in [0.29, 0.717) is 25.7 Å². The highest BCUT2D eigenvalue weighted by atomic mass is 16.5. The van der Waals surface area contributed by atoms with Crippen molar-refractivity contribution in [2.24, 2.45) is 10.7 Å². The minimum atomic E-state index is 0.423. The van der Waals surface area contributed by atoms with Crippen molar-refractivity contribution in [1.29, 1.82) is 0 Å². The molecule has 0 aliphatic heterocycles. The van der Waals surface area contributed by atoms with E-state index in [0.717, 1.165) is 40.4 Å². The second-order valence-electron chi connectivity index (χ2n) is 6.99. The summed E-state index contributed by atoms with van der Waals surface area (Å²) in [5.74, 6) is 2.72. The second-order valence-corrected chi connectivity index (χ2v) is 6.99. The maximum atomic E-state index is 6.03. The zero-order chi connectivity index (χ0) is 21.9. The number of hydrogen-bond acceptors (Lipinski definition) is 4. The number of nitrogens with one attached hydrogen (secondary N) is 1. The molecule has 0 aliphatic carbocycles. The van der Waals surface area contributed by atoms with E-state index in [1.54, 1.807) is 14.2 Å². The summed E-state index contributed by atoms with van der Waals surface area (Å²) >= 11 is 0. The molecule has 162 valence electrons. The molecule has 0 bridgehead atoms. The summed E-state index contributed by atoms with van der Waals surface area (Å²) in [7, 11) is 3.26. The monoisotopic (exact) mass is 419 g/mol. The van der Waals surface area contributed by atoms with Crippen molar-refractivity contribution < 1.29 is 14.2 Å². The molecule has 0 aromatic heterocycles. The van der Waals surface area contributed by atoms with Gasteiger partial charge in [-0.2, -0.15) is 0 Å². The first-order chi connectivity index (χ1) is 15.2. The van der Waals surface area contributed by atoms with E-state index < -0.39 is 0 Å². The maximum Gasteiger partial charge on any atom is 0.188 e. The molecular formula is C25H29N3O3. The maximum absolute atomic E-state index is 6.03. The predicted molar refractivity (Wildman–Crippen MR) is 124 cm³/mol. The standard InChI is InChI=1S/C25H29N3O3/c1-29-23-12-11-19(16-24(23)30-2)13-14-27-25(26)28-17-20-7-6-8-21(15-20)18-31-22-9-4-3-5-10-22/h3-12,15-16H,13-14,17-18H2,1-2H3,(H3,26,27,28). The van der Waals surface area contributed by atoms with Gasteiger partial charge < -0.3 is 25.3 Å². The lowest BCUT2D eigenvalue weighted by molar-refractivity contribution is 0.306. The van der Waals surface area contributed by atoms with Gasteiger partial charge in [0.15, 0.2) is 17.5 Å². The molecule has 0 saturated heterocycles. The number of benzene rings is 3. The lowest BCUT2D eigenvalue weighted by atomic mass is 10.1. The van der Waals surface area contributed by atoms with Gasteiger partial charge >= 0.3 is 0 Å². The Kier molecular flexibility index (Phi) is 8.17. The number of nitrogens with two attached hydrogens (primary N) is 1. The Morgan fingerprint density at radius 3 is 2.39 bits per heavy atom. The molecule has 0 atom stereocenters. The lowest BCUT2D eigenvalue weighted by Gasteiger charge is -2.10. The smallest absolute Gasteiger partial charge is 0.188 e. The first kappa shape index (κ1) is 22.0. The van der Waals surface area contributed by atoms with Crippen LogP contribution in [0.4, 0.5) is 0 Å². The SMILES string of the molecule is COc1ccc(CCNC(N)=NCc2cccc(COc3ccccc3)c2)cc1OC. The van der Waals surface area contributed by atoms with Crippen molar-refractivity contribution in [3.8, 4) is 17.2 Å². The molecule has 3 aromatic carbocycles. The summed E-state index contributed by atoms with van der Waals surface area (Å²) in [4.78, 5) is 4.44. The average Bonchev–Trinajstić information content (AvgIpc) is 2.82. The van der Waals surface area contributed by atoms with Crippen molar-refractivity contribution in [2.75, 3.05) is 20.8 Å². The predicted octanol–water partition coefficient (Wildman–Crippen LogP) is 3.93. The number of rotatable bonds is 10. The van der Waals surface area contributed by atoms with Gasteiger partial charge in [0, 0.05) is 6.54 Å². The number of methoxy groups -OCH3 is 2. The molecule has 0 aliphatic rings. The highest BCUT2D eigenvalue weighted by Crippen LogP contribution is 2.27. The molecule has 0 radical (unpaired) electrons. The van der Waals surface area contributed by atoms with Crippen LogP contribution in [0.15, 0.2) is 77.8 Å². The minimum absolute atomic E-state index is 0.423. The third-order valence-corrected chi connectivity index (χ3v) is 4.74. The van der Waals surface area contributed by atoms with Crippen LogP contribution in [0.2, 0.25) is 0 Å². The number of aliphatic imine (C=N–C) groups is 1. The molecule has 3 N–H and O–H groups in total. The van der Waals surface area contributed by atoms with Crippen molar-refractivity contribution in [3.05, 3.63) is 89.5 Å². The largest absolute Gasteiger partial charge is 0.493 e. The fourth-order valence-corrected chi connectivity index (χ4v) is 3.10. The summed E-state index contributed by atoms with van der Waals surface area (Å²) in [6.07, 6.45) is 0.795. The van der Waals surface area contributed by atoms with E-state index >= 15 is 0 Å². The number of nitrogens with zero attached hydrogens (tertiary/aromatic N) is 1. The van der Waals surface area contributed by atoms with Gasteiger partial charge in [0.25, 0.3) is 0 Å². The van der Waals surface area contributed by atoms with Gasteiger partial charge in [-0.05, 0) is 47.4 Å². The Labute approximate surface area is 183 Å². The third kappa shape index (κ3) is 6.96. The summed E-state index contributed by atoms with van der Waals surface area (Å²) < 4.78 is 16.4. The van der Waals surface area contributed by atoms with Crippen LogP contribution in [0.1, 0.15) is 16.7 Å². The van der Waals surface area contributed by atoms with Gasteiger partial charge in [0.05, 0.1) is 20.8 Å². The van der Waals surface area contributed by atoms with Gasteiger partial charge in [0.1, 0.15) is 12.4 Å². The van der Waals surface area contributed by atoms with Crippen LogP contribution < -0.4 is 25.3 Å². The Balaban J connectivity index is 1.47. The van der Waals surface area contributed by atoms with Gasteiger partial charge in [-0.1, -0.05) is 48.5 Å². The van der Waals surface area contributed by atoms with Gasteiger partial charge in [0.2, 0.25) is 0 Å². The number of ether oxygens (including phenoxy) is 3. The van der Waals surface area contributed by atoms with Crippen LogP contribution in [0.5, 0.6) is 17.2 Å². The van der Waals surface area contributed by atoms with E-state index in [-0.39, 0.29) is 0 Å².